The van der Waals surface area contributed by atoms with Crippen molar-refractivity contribution in [2.75, 3.05) is 55.8 Å². The van der Waals surface area contributed by atoms with Crippen molar-refractivity contribution in [3.8, 4) is 5.75 Å². The van der Waals surface area contributed by atoms with Gasteiger partial charge in [-0.15, -0.1) is 0 Å². The smallest absolute Gasteiger partial charge is 0.341 e. The SMILES string of the molecule is C[C@H]1COc2c(N3CCN(C)CC3)c(F)cc3c(=O)c(C(=O)O)cn1c23.Nc1nc2ncc(CNc3ccc(C(=O)NC(CCC(=O)O)C(=O)O)cc3)nc2c(=O)[nH]1. The summed E-state index contributed by atoms with van der Waals surface area (Å²) in [5, 5.41) is 32.6. The number of ether oxygens (including phenoxy) is 1. The minimum atomic E-state index is -1.32. The zero-order chi connectivity index (χ0) is 41.8. The van der Waals surface area contributed by atoms with Gasteiger partial charge in [0.15, 0.2) is 22.7 Å². The van der Waals surface area contributed by atoms with Gasteiger partial charge in [-0.05, 0) is 50.7 Å². The van der Waals surface area contributed by atoms with Crippen LogP contribution in [-0.2, 0) is 16.1 Å². The van der Waals surface area contributed by atoms with E-state index in [4.69, 9.17) is 20.7 Å². The van der Waals surface area contributed by atoms with Gasteiger partial charge in [0, 0.05) is 50.0 Å². The number of H-pyrrole nitrogens is 1. The summed E-state index contributed by atoms with van der Waals surface area (Å²) < 4.78 is 22.6. The average molecular weight is 803 g/mol. The zero-order valence-corrected chi connectivity index (χ0v) is 31.2. The van der Waals surface area contributed by atoms with Gasteiger partial charge in [0.25, 0.3) is 11.5 Å². The van der Waals surface area contributed by atoms with E-state index in [-0.39, 0.29) is 65.7 Å². The number of carboxylic acids is 3. The fourth-order valence-corrected chi connectivity index (χ4v) is 6.44. The number of aromatic carboxylic acids is 1. The number of nitrogens with zero attached hydrogens (tertiary/aromatic N) is 6. The molecule has 2 aromatic carbocycles. The van der Waals surface area contributed by atoms with Crippen LogP contribution in [0.15, 0.2) is 52.3 Å². The molecule has 0 saturated carbocycles. The second-order valence-electron chi connectivity index (χ2n) is 13.7. The van der Waals surface area contributed by atoms with Gasteiger partial charge in [0.2, 0.25) is 11.4 Å². The highest BCUT2D eigenvalue weighted by Crippen LogP contribution is 2.42. The molecule has 1 amide bonds. The third kappa shape index (κ3) is 8.78. The number of aromatic amines is 1. The fourth-order valence-electron chi connectivity index (χ4n) is 6.44. The number of carboxylic acid groups (broad SMARTS) is 3. The van der Waals surface area contributed by atoms with Gasteiger partial charge in [-0.1, -0.05) is 0 Å². The predicted octanol–water partition coefficient (Wildman–Crippen LogP) is 1.50. The van der Waals surface area contributed by atoms with E-state index in [0.717, 1.165) is 19.2 Å². The van der Waals surface area contributed by atoms with Crippen LogP contribution in [0.25, 0.3) is 22.1 Å². The van der Waals surface area contributed by atoms with Crippen molar-refractivity contribution in [1.29, 1.82) is 0 Å². The average Bonchev–Trinajstić information content (AvgIpc) is 3.18. The summed E-state index contributed by atoms with van der Waals surface area (Å²) >= 11 is 0. The Bertz CT molecular complexity index is 2540. The molecule has 8 N–H and O–H groups in total. The lowest BCUT2D eigenvalue weighted by Gasteiger charge is -2.37. The number of nitrogens with one attached hydrogen (secondary N) is 3. The van der Waals surface area contributed by atoms with Crippen molar-refractivity contribution in [2.45, 2.75) is 38.4 Å². The number of hydrogen-bond donors (Lipinski definition) is 7. The molecule has 1 fully saturated rings. The third-order valence-electron chi connectivity index (χ3n) is 9.55. The summed E-state index contributed by atoms with van der Waals surface area (Å²) in [5.41, 5.74) is 6.25. The largest absolute Gasteiger partial charge is 0.487 e. The van der Waals surface area contributed by atoms with E-state index in [1.54, 1.807) is 16.7 Å². The molecule has 58 heavy (non-hydrogen) atoms. The van der Waals surface area contributed by atoms with Crippen molar-refractivity contribution in [1.82, 2.24) is 34.7 Å². The number of carbonyl (C=O) groups is 4. The highest BCUT2D eigenvalue weighted by atomic mass is 19.1. The van der Waals surface area contributed by atoms with Gasteiger partial charge < -0.3 is 50.8 Å². The molecule has 2 aliphatic heterocycles. The number of rotatable bonds is 11. The Morgan fingerprint density at radius 2 is 1.78 bits per heavy atom. The maximum absolute atomic E-state index is 15.0. The van der Waals surface area contributed by atoms with Crippen LogP contribution in [0.1, 0.15) is 52.2 Å². The molecule has 1 unspecified atom stereocenters. The summed E-state index contributed by atoms with van der Waals surface area (Å²) in [6.45, 7) is 5.31. The first kappa shape index (κ1) is 40.5. The Morgan fingerprint density at radius 1 is 1.07 bits per heavy atom. The van der Waals surface area contributed by atoms with E-state index in [9.17, 15) is 38.3 Å². The second-order valence-corrected chi connectivity index (χ2v) is 13.7. The van der Waals surface area contributed by atoms with Gasteiger partial charge in [0.05, 0.1) is 35.4 Å². The van der Waals surface area contributed by atoms with Gasteiger partial charge in [0.1, 0.15) is 23.9 Å². The predicted molar refractivity (Wildman–Crippen MR) is 207 cm³/mol. The van der Waals surface area contributed by atoms with Crippen LogP contribution in [0.3, 0.4) is 0 Å². The first-order valence-corrected chi connectivity index (χ1v) is 17.9. The number of carbonyl (C=O) groups excluding carboxylic acids is 1. The number of amides is 1. The van der Waals surface area contributed by atoms with Crippen LogP contribution in [0.5, 0.6) is 5.75 Å². The molecule has 304 valence electrons. The standard InChI is InChI=1S/C19H19N7O6.C18H20FN3O4/c20-19-25-15-14(17(30)26-19)23-11(8-22-15)7-21-10-3-1-9(2-4-10)16(29)24-12(18(31)32)5-6-13(27)28;1-10-9-26-17-14-11(16(23)12(18(24)25)8-22(10)14)7-13(19)15(17)21-5-3-20(2)4-6-21/h1-4,8,12,21H,5-7H2,(H,24,29)(H,27,28)(H,31,32)(H3,20,22,25,26,30);7-8,10H,3-6,9H2,1-2H3,(H,24,25)/t;10-/m.0/s1. The lowest BCUT2D eigenvalue weighted by atomic mass is 10.1. The molecule has 0 aliphatic carbocycles. The number of aliphatic carboxylic acids is 2. The summed E-state index contributed by atoms with van der Waals surface area (Å²) in [4.78, 5) is 88.6. The number of nitrogen functional groups attached to an aromatic ring is 1. The molecular formula is C37H39FN10O10. The molecule has 5 aromatic rings. The number of benzene rings is 2. The van der Waals surface area contributed by atoms with E-state index < -0.39 is 46.7 Å². The number of halogens is 1. The lowest BCUT2D eigenvalue weighted by molar-refractivity contribution is -0.140. The number of hydrogen-bond acceptors (Lipinski definition) is 14. The molecule has 1 saturated heterocycles. The number of likely N-dealkylation sites (N-methyl/N-ethyl adjacent to an activating group) is 1. The molecular weight excluding hydrogens is 763 g/mol. The summed E-state index contributed by atoms with van der Waals surface area (Å²) in [5.74, 6) is -4.70. The van der Waals surface area contributed by atoms with Gasteiger partial charge in [-0.2, -0.15) is 4.98 Å². The number of pyridine rings is 1. The molecule has 2 aliphatic rings. The Morgan fingerprint density at radius 3 is 2.43 bits per heavy atom. The molecule has 21 heteroatoms. The van der Waals surface area contributed by atoms with Gasteiger partial charge >= 0.3 is 17.9 Å². The molecule has 0 spiro atoms. The van der Waals surface area contributed by atoms with Gasteiger partial charge in [-0.3, -0.25) is 24.2 Å². The number of aromatic nitrogens is 5. The summed E-state index contributed by atoms with van der Waals surface area (Å²) in [6, 6.07) is 5.86. The van der Waals surface area contributed by atoms with E-state index in [2.05, 4.69) is 35.5 Å². The highest BCUT2D eigenvalue weighted by Gasteiger charge is 2.31. The maximum Gasteiger partial charge on any atom is 0.341 e. The van der Waals surface area contributed by atoms with Crippen molar-refractivity contribution in [3.63, 3.8) is 0 Å². The van der Waals surface area contributed by atoms with Crippen LogP contribution >= 0.6 is 0 Å². The molecule has 20 nitrogen and oxygen atoms in total. The van der Waals surface area contributed by atoms with E-state index >= 15 is 0 Å². The number of fused-ring (bicyclic) bond motifs is 1. The Labute approximate surface area is 327 Å². The van der Waals surface area contributed by atoms with Crippen molar-refractivity contribution < 1.29 is 43.6 Å². The van der Waals surface area contributed by atoms with Crippen molar-refractivity contribution in [2.24, 2.45) is 0 Å². The molecule has 7 rings (SSSR count). The van der Waals surface area contributed by atoms with Crippen LogP contribution < -0.4 is 37.0 Å². The Hall–Kier alpha value is -7.16. The quantitative estimate of drug-likeness (QED) is 0.0996. The number of anilines is 3. The van der Waals surface area contributed by atoms with E-state index in [1.807, 2.05) is 18.9 Å². The van der Waals surface area contributed by atoms with Crippen LogP contribution in [0.2, 0.25) is 0 Å². The van der Waals surface area contributed by atoms with Crippen molar-refractivity contribution in [3.05, 3.63) is 85.9 Å². The first-order chi connectivity index (χ1) is 27.6. The van der Waals surface area contributed by atoms with Crippen LogP contribution in [-0.4, -0.2) is 114 Å². The maximum atomic E-state index is 15.0. The molecule has 5 heterocycles. The summed E-state index contributed by atoms with van der Waals surface area (Å²) in [7, 11) is 2.02. The first-order valence-electron chi connectivity index (χ1n) is 17.9. The van der Waals surface area contributed by atoms with E-state index in [0.29, 0.717) is 41.4 Å². The molecule has 0 bridgehead atoms. The Balaban J connectivity index is 0.000000199. The molecule has 2 atom stereocenters. The number of piperazine rings is 1. The lowest BCUT2D eigenvalue weighted by Crippen LogP contribution is -2.45. The monoisotopic (exact) mass is 802 g/mol. The van der Waals surface area contributed by atoms with Crippen LogP contribution in [0, 0.1) is 5.82 Å². The fraction of sp³-hybridized carbons (Fsp3) is 0.324. The second kappa shape index (κ2) is 16.9. The van der Waals surface area contributed by atoms with E-state index in [1.165, 1.54) is 24.5 Å². The van der Waals surface area contributed by atoms with Crippen molar-refractivity contribution >= 4 is 63.2 Å². The minimum Gasteiger partial charge on any atom is -0.487 e. The number of nitrogens with two attached hydrogens (primary N) is 1. The third-order valence-corrected chi connectivity index (χ3v) is 9.55. The minimum absolute atomic E-state index is 0.0434. The highest BCUT2D eigenvalue weighted by molar-refractivity contribution is 5.98. The normalized spacial score (nSPS) is 15.5. The summed E-state index contributed by atoms with van der Waals surface area (Å²) in [6.07, 6.45) is 2.18. The zero-order valence-electron chi connectivity index (χ0n) is 31.2. The topological polar surface area (TPSA) is 288 Å². The van der Waals surface area contributed by atoms with Crippen LogP contribution in [0.4, 0.5) is 21.7 Å². The Kier molecular flexibility index (Phi) is 11.8. The van der Waals surface area contributed by atoms with Gasteiger partial charge in [-0.25, -0.2) is 23.9 Å². The molecule has 3 aromatic heterocycles. The molecule has 0 radical (unpaired) electrons.